The number of nitrogen functional groups attached to an aromatic ring is 1. The van der Waals surface area contributed by atoms with Crippen molar-refractivity contribution < 1.29 is 91.2 Å². The Balaban J connectivity index is 1.28. The minimum Gasteiger partial charge on any atom is -0.505 e. The molecule has 0 saturated heterocycles. The maximum atomic E-state index is 13.3. The zero-order valence-electron chi connectivity index (χ0n) is 37.1. The molecule has 36 heteroatoms. The van der Waals surface area contributed by atoms with E-state index in [0.29, 0.717) is 11.8 Å². The maximum Gasteiger partial charge on any atom is 0.296 e. The van der Waals surface area contributed by atoms with Gasteiger partial charge in [0.05, 0.1) is 73.2 Å². The molecule has 5 aromatic rings. The van der Waals surface area contributed by atoms with E-state index in [1.54, 1.807) is 0 Å². The van der Waals surface area contributed by atoms with Crippen molar-refractivity contribution in [1.82, 2.24) is 4.90 Å². The number of carbonyl (C=O) groups is 1. The van der Waals surface area contributed by atoms with Crippen LogP contribution < -0.4 is 15.9 Å². The average molecular weight is 1140 g/mol. The Morgan fingerprint density at radius 3 is 2.05 bits per heavy atom. The van der Waals surface area contributed by atoms with Crippen LogP contribution in [-0.2, 0) is 67.8 Å². The summed E-state index contributed by atoms with van der Waals surface area (Å²) < 4.78 is 138. The van der Waals surface area contributed by atoms with Crippen molar-refractivity contribution in [3.63, 3.8) is 0 Å². The third kappa shape index (κ3) is 12.9. The van der Waals surface area contributed by atoms with E-state index >= 15 is 0 Å². The summed E-state index contributed by atoms with van der Waals surface area (Å²) in [6, 6.07) is 16.0. The third-order valence-electron chi connectivity index (χ3n) is 9.99. The number of aromatic hydroxyl groups is 1. The average Bonchev–Trinajstić information content (AvgIpc) is 3.34. The smallest absolute Gasteiger partial charge is 0.296 e. The lowest BCUT2D eigenvalue weighted by Crippen LogP contribution is -2.47. The SMILES string of the molecule is CC1=C(C#N)C(O)N(C)C(=O)/C1=N\Nc1ccc(NS(=O)(=O)c2ccc(N=Nc3c(S(=O)(=O)O)cc4cc(SOOO)c(N=Nc5ccc(S(=O)(=O)CCOSOOO)cc5S(=O)(=O)O)c(N)c4c3O)cc2)cc1. The second kappa shape index (κ2) is 23.2. The lowest BCUT2D eigenvalue weighted by molar-refractivity contribution is -0.434. The van der Waals surface area contributed by atoms with Crippen LogP contribution in [0.3, 0.4) is 0 Å². The molecule has 0 spiro atoms. The van der Waals surface area contributed by atoms with Crippen LogP contribution in [-0.4, -0.2) is 106 Å². The number of benzene rings is 5. The van der Waals surface area contributed by atoms with Crippen LogP contribution in [0.25, 0.3) is 10.8 Å². The van der Waals surface area contributed by atoms with Gasteiger partial charge in [0.15, 0.2) is 39.8 Å². The number of carbonyl (C=O) groups excluding carboxylic acids is 1. The molecule has 30 nitrogen and oxygen atoms in total. The van der Waals surface area contributed by atoms with Crippen LogP contribution in [0.5, 0.6) is 5.75 Å². The first-order valence-electron chi connectivity index (χ1n) is 19.6. The number of sulfonamides is 1. The number of amides is 1. The number of anilines is 3. The third-order valence-corrected chi connectivity index (χ3v) is 15.8. The van der Waals surface area contributed by atoms with Gasteiger partial charge in [-0.2, -0.15) is 32.3 Å². The molecule has 1 heterocycles. The van der Waals surface area contributed by atoms with Crippen LogP contribution in [0.2, 0.25) is 0 Å². The molecule has 5 aromatic carbocycles. The molecule has 1 atom stereocenters. The van der Waals surface area contributed by atoms with Gasteiger partial charge in [0.1, 0.15) is 26.9 Å². The van der Waals surface area contributed by atoms with Gasteiger partial charge in [0.2, 0.25) is 0 Å². The van der Waals surface area contributed by atoms with E-state index in [1.165, 1.54) is 38.2 Å². The van der Waals surface area contributed by atoms with E-state index in [2.05, 4.69) is 54.5 Å². The van der Waals surface area contributed by atoms with E-state index in [-0.39, 0.29) is 67.8 Å². The molecular weight excluding hydrogens is 1110 g/mol. The van der Waals surface area contributed by atoms with Crippen LogP contribution in [0, 0.1) is 11.3 Å². The Morgan fingerprint density at radius 2 is 1.43 bits per heavy atom. The molecule has 0 bridgehead atoms. The van der Waals surface area contributed by atoms with E-state index < -0.39 is 113 Å². The topological polar surface area (TPSA) is 460 Å². The fourth-order valence-electron chi connectivity index (χ4n) is 6.41. The number of rotatable bonds is 21. The quantitative estimate of drug-likeness (QED) is 0.00790. The second-order valence-electron chi connectivity index (χ2n) is 14.6. The molecule has 6 rings (SSSR count). The minimum absolute atomic E-state index is 0.0681. The molecule has 0 fully saturated rings. The van der Waals surface area contributed by atoms with Crippen LogP contribution in [0.1, 0.15) is 6.92 Å². The Bertz CT molecular complexity index is 3650. The van der Waals surface area contributed by atoms with Crippen LogP contribution in [0.15, 0.2) is 140 Å². The zero-order valence-corrected chi connectivity index (χ0v) is 42.0. The molecule has 1 aliphatic heterocycles. The van der Waals surface area contributed by atoms with E-state index in [9.17, 15) is 63.0 Å². The molecule has 1 aliphatic rings. The summed E-state index contributed by atoms with van der Waals surface area (Å²) in [6.07, 6.45) is -1.43. The van der Waals surface area contributed by atoms with Crippen molar-refractivity contribution >= 4 is 127 Å². The largest absolute Gasteiger partial charge is 0.505 e. The Kier molecular flexibility index (Phi) is 17.7. The van der Waals surface area contributed by atoms with Gasteiger partial charge in [0.25, 0.3) is 36.2 Å². The van der Waals surface area contributed by atoms with E-state index in [4.69, 9.17) is 20.4 Å². The van der Waals surface area contributed by atoms with Gasteiger partial charge >= 0.3 is 0 Å². The number of hydrogen-bond acceptors (Lipinski definition) is 28. The van der Waals surface area contributed by atoms with Crippen LogP contribution in [0.4, 0.5) is 39.8 Å². The lowest BCUT2D eigenvalue weighted by Gasteiger charge is -2.29. The van der Waals surface area contributed by atoms with Gasteiger partial charge in [-0.3, -0.25) is 28.2 Å². The number of sulfone groups is 1. The number of azo groups is 2. The molecule has 74 heavy (non-hydrogen) atoms. The number of hydrazone groups is 1. The number of hydrogen-bond donors (Lipinski definition) is 9. The Labute approximate surface area is 426 Å². The summed E-state index contributed by atoms with van der Waals surface area (Å²) in [5.74, 6) is -2.47. The first-order valence-corrected chi connectivity index (χ1v) is 27.1. The van der Waals surface area contributed by atoms with Crippen molar-refractivity contribution in [2.45, 2.75) is 37.6 Å². The number of nitrogens with one attached hydrogen (secondary N) is 2. The van der Waals surface area contributed by atoms with Gasteiger partial charge in [-0.05, 0) is 91.2 Å². The predicted molar refractivity (Wildman–Crippen MR) is 257 cm³/mol. The number of nitrogens with zero attached hydrogens (tertiary/aromatic N) is 7. The first-order chi connectivity index (χ1) is 34.8. The maximum absolute atomic E-state index is 13.3. The number of aliphatic hydroxyl groups excluding tert-OH is 1. The summed E-state index contributed by atoms with van der Waals surface area (Å²) >= 11 is 0.248. The molecule has 0 saturated carbocycles. The normalized spacial score (nSPS) is 15.4. The Morgan fingerprint density at radius 1 is 0.811 bits per heavy atom. The van der Waals surface area contributed by atoms with E-state index in [0.717, 1.165) is 53.4 Å². The minimum atomic E-state index is -5.26. The van der Waals surface area contributed by atoms with Gasteiger partial charge in [0, 0.05) is 18.3 Å². The Hall–Kier alpha value is -6.77. The number of phenols is 1. The first kappa shape index (κ1) is 56.5. The highest BCUT2D eigenvalue weighted by Gasteiger charge is 2.34. The molecule has 0 aliphatic carbocycles. The summed E-state index contributed by atoms with van der Waals surface area (Å²) in [6.45, 7) is 0.897. The molecule has 392 valence electrons. The molecule has 0 aromatic heterocycles. The van der Waals surface area contributed by atoms with Gasteiger partial charge in [-0.1, -0.05) is 10.1 Å². The summed E-state index contributed by atoms with van der Waals surface area (Å²) in [4.78, 5) is 10.3. The van der Waals surface area contributed by atoms with Gasteiger partial charge in [-0.25, -0.2) is 27.4 Å². The van der Waals surface area contributed by atoms with Crippen molar-refractivity contribution in [2.75, 3.05) is 35.3 Å². The lowest BCUT2D eigenvalue weighted by atomic mass is 9.99. The molecule has 0 radical (unpaired) electrons. The fourth-order valence-corrected chi connectivity index (χ4v) is 10.8. The van der Waals surface area contributed by atoms with Gasteiger partial charge < -0.3 is 20.8 Å². The number of aliphatic hydroxyl groups is 1. The summed E-state index contributed by atoms with van der Waals surface area (Å²) in [5.41, 5.74) is 6.61. The monoisotopic (exact) mass is 1140 g/mol. The van der Waals surface area contributed by atoms with E-state index in [1.807, 2.05) is 6.07 Å². The molecule has 10 N–H and O–H groups in total. The highest BCUT2D eigenvalue weighted by Crippen LogP contribution is 2.49. The summed E-state index contributed by atoms with van der Waals surface area (Å²) in [7, 11) is -17.8. The highest BCUT2D eigenvalue weighted by atomic mass is 32.2. The highest BCUT2D eigenvalue weighted by molar-refractivity contribution is 7.94. The van der Waals surface area contributed by atoms with Crippen molar-refractivity contribution in [2.24, 2.45) is 25.6 Å². The molecular formula is C38H34N10O20S6. The van der Waals surface area contributed by atoms with Crippen molar-refractivity contribution in [3.05, 3.63) is 90.0 Å². The van der Waals surface area contributed by atoms with Crippen molar-refractivity contribution in [1.29, 1.82) is 5.26 Å². The standard InChI is InChI=1S/C38H34N10O20S6/c1-19-26(18-39)37(50)48(2)38(51)33(19)44-41-21-3-5-23(6-4-21)47-72(56,57)24-9-7-22(8-10-24)42-46-35-30(74(61,62)63)16-20-15-28(69-67-65-52)34(32(40)31(20)36(35)49)45-43-27-12-11-25(17-29(27)73(58,59)60)71(54,55)14-13-64-70-68-66-53/h3-12,15-17,37,41,47,49-50,52-53H,13-14,40H2,1-2H3,(H,58,59,60)(H,61,62,63)/b44-33-,45-43?,46-42?. The molecule has 1 amide bonds. The number of phenolic OH excluding ortho intramolecular Hbond substituents is 1. The number of likely N-dealkylation sites (N-methyl/N-ethyl adjacent to an activating group) is 1. The van der Waals surface area contributed by atoms with Gasteiger partial charge in [-0.15, -0.1) is 24.0 Å². The fraction of sp³-hybridized carbons (Fsp3) is 0.132. The molecule has 1 unspecified atom stereocenters. The second-order valence-corrected chi connectivity index (χ2v) is 22.4. The number of fused-ring (bicyclic) bond motifs is 1. The predicted octanol–water partition coefficient (Wildman–Crippen LogP) is 5.85. The summed E-state index contributed by atoms with van der Waals surface area (Å²) in [5, 5.41) is 73.8. The number of nitriles is 1. The number of nitrogens with two attached hydrogens (primary N) is 1. The van der Waals surface area contributed by atoms with Crippen LogP contribution >= 0.6 is 24.4 Å². The van der Waals surface area contributed by atoms with Crippen molar-refractivity contribution in [3.8, 4) is 11.8 Å². The zero-order chi connectivity index (χ0) is 54.3.